The molecular weight excluding hydrogens is 314 g/mol. The maximum atomic E-state index is 11.2. The van der Waals surface area contributed by atoms with Crippen LogP contribution in [-0.2, 0) is 6.54 Å². The molecule has 5 heteroatoms. The second kappa shape index (κ2) is 7.66. The van der Waals surface area contributed by atoms with E-state index in [0.29, 0.717) is 12.6 Å². The standard InChI is InChI=1S/C20H25N3O2/c1-15-11-16(2)13-19(12-15)21-18-7-9-22(10-8-18)14-17-5-3-4-6-20(17)23(24)25/h3-6,11-13,18,21H,7-10,14H2,1-2H3. The van der Waals surface area contributed by atoms with Crippen molar-refractivity contribution < 1.29 is 4.92 Å². The Morgan fingerprint density at radius 2 is 1.76 bits per heavy atom. The average Bonchev–Trinajstić information content (AvgIpc) is 2.56. The molecule has 2 aromatic carbocycles. The van der Waals surface area contributed by atoms with Gasteiger partial charge < -0.3 is 5.32 Å². The van der Waals surface area contributed by atoms with Crippen LogP contribution in [0.25, 0.3) is 0 Å². The van der Waals surface area contributed by atoms with Crippen LogP contribution in [0.3, 0.4) is 0 Å². The van der Waals surface area contributed by atoms with Crippen molar-refractivity contribution in [3.05, 3.63) is 69.3 Å². The minimum atomic E-state index is -0.288. The Morgan fingerprint density at radius 3 is 2.40 bits per heavy atom. The fourth-order valence-corrected chi connectivity index (χ4v) is 3.59. The molecule has 25 heavy (non-hydrogen) atoms. The molecule has 132 valence electrons. The maximum Gasteiger partial charge on any atom is 0.273 e. The van der Waals surface area contributed by atoms with Crippen molar-refractivity contribution in [2.24, 2.45) is 0 Å². The van der Waals surface area contributed by atoms with Crippen molar-refractivity contribution in [1.29, 1.82) is 0 Å². The van der Waals surface area contributed by atoms with Gasteiger partial charge >= 0.3 is 0 Å². The third-order valence-corrected chi connectivity index (χ3v) is 4.76. The number of para-hydroxylation sites is 1. The van der Waals surface area contributed by atoms with Crippen LogP contribution in [-0.4, -0.2) is 29.0 Å². The van der Waals surface area contributed by atoms with Gasteiger partial charge in [0.05, 0.1) is 4.92 Å². The van der Waals surface area contributed by atoms with E-state index in [1.165, 1.54) is 16.8 Å². The first-order chi connectivity index (χ1) is 12.0. The molecular formula is C20H25N3O2. The molecule has 0 atom stereocenters. The molecule has 3 rings (SSSR count). The Kier molecular flexibility index (Phi) is 5.34. The van der Waals surface area contributed by atoms with E-state index in [2.05, 4.69) is 42.3 Å². The highest BCUT2D eigenvalue weighted by atomic mass is 16.6. The van der Waals surface area contributed by atoms with E-state index >= 15 is 0 Å². The molecule has 1 N–H and O–H groups in total. The minimum Gasteiger partial charge on any atom is -0.382 e. The summed E-state index contributed by atoms with van der Waals surface area (Å²) in [5.74, 6) is 0. The molecule has 0 saturated carbocycles. The van der Waals surface area contributed by atoms with Gasteiger partial charge in [-0.15, -0.1) is 0 Å². The summed E-state index contributed by atoms with van der Waals surface area (Å²) >= 11 is 0. The van der Waals surface area contributed by atoms with Crippen molar-refractivity contribution in [2.45, 2.75) is 39.3 Å². The molecule has 1 aliphatic heterocycles. The third-order valence-electron chi connectivity index (χ3n) is 4.76. The Labute approximate surface area is 148 Å². The highest BCUT2D eigenvalue weighted by molar-refractivity contribution is 5.49. The van der Waals surface area contributed by atoms with E-state index in [4.69, 9.17) is 0 Å². The predicted molar refractivity (Wildman–Crippen MR) is 101 cm³/mol. The Hall–Kier alpha value is -2.40. The SMILES string of the molecule is Cc1cc(C)cc(NC2CCN(Cc3ccccc3[N+](=O)[O-])CC2)c1. The van der Waals surface area contributed by atoms with Crippen LogP contribution in [0.1, 0.15) is 29.5 Å². The number of hydrogen-bond acceptors (Lipinski definition) is 4. The first-order valence-corrected chi connectivity index (χ1v) is 8.81. The number of aryl methyl sites for hydroxylation is 2. The zero-order valence-electron chi connectivity index (χ0n) is 14.9. The van der Waals surface area contributed by atoms with E-state index in [9.17, 15) is 10.1 Å². The molecule has 0 aromatic heterocycles. The molecule has 0 aliphatic carbocycles. The molecule has 0 bridgehead atoms. The number of nitrogens with zero attached hydrogens (tertiary/aromatic N) is 2. The van der Waals surface area contributed by atoms with Crippen LogP contribution in [0.2, 0.25) is 0 Å². The lowest BCUT2D eigenvalue weighted by Crippen LogP contribution is -2.38. The van der Waals surface area contributed by atoms with Crippen molar-refractivity contribution in [1.82, 2.24) is 4.90 Å². The molecule has 1 heterocycles. The van der Waals surface area contributed by atoms with E-state index in [-0.39, 0.29) is 10.6 Å². The lowest BCUT2D eigenvalue weighted by molar-refractivity contribution is -0.385. The van der Waals surface area contributed by atoms with Gasteiger partial charge in [-0.25, -0.2) is 0 Å². The van der Waals surface area contributed by atoms with Crippen LogP contribution in [0.5, 0.6) is 0 Å². The number of nitro benzene ring substituents is 1. The summed E-state index contributed by atoms with van der Waals surface area (Å²) in [6.07, 6.45) is 2.10. The quantitative estimate of drug-likeness (QED) is 0.652. The van der Waals surface area contributed by atoms with Gasteiger partial charge in [0.1, 0.15) is 0 Å². The summed E-state index contributed by atoms with van der Waals surface area (Å²) in [5.41, 5.74) is 4.76. The summed E-state index contributed by atoms with van der Waals surface area (Å²) in [6, 6.07) is 14.1. The Morgan fingerprint density at radius 1 is 1.12 bits per heavy atom. The first kappa shape index (κ1) is 17.4. The molecule has 0 unspecified atom stereocenters. The summed E-state index contributed by atoms with van der Waals surface area (Å²) in [7, 11) is 0. The average molecular weight is 339 g/mol. The number of hydrogen-bond donors (Lipinski definition) is 1. The van der Waals surface area contributed by atoms with Crippen molar-refractivity contribution >= 4 is 11.4 Å². The topological polar surface area (TPSA) is 58.4 Å². The van der Waals surface area contributed by atoms with Gasteiger partial charge in [0.25, 0.3) is 5.69 Å². The zero-order valence-corrected chi connectivity index (χ0v) is 14.9. The molecule has 2 aromatic rings. The molecule has 0 spiro atoms. The van der Waals surface area contributed by atoms with Gasteiger partial charge in [-0.05, 0) is 49.9 Å². The predicted octanol–water partition coefficient (Wildman–Crippen LogP) is 4.29. The number of benzene rings is 2. The lowest BCUT2D eigenvalue weighted by Gasteiger charge is -2.33. The number of piperidine rings is 1. The lowest BCUT2D eigenvalue weighted by atomic mass is 10.0. The fraction of sp³-hybridized carbons (Fsp3) is 0.400. The fourth-order valence-electron chi connectivity index (χ4n) is 3.59. The number of nitrogens with one attached hydrogen (secondary N) is 1. The number of nitro groups is 1. The van der Waals surface area contributed by atoms with E-state index < -0.39 is 0 Å². The third kappa shape index (κ3) is 4.57. The van der Waals surface area contributed by atoms with Crippen LogP contribution < -0.4 is 5.32 Å². The normalized spacial score (nSPS) is 15.9. The van der Waals surface area contributed by atoms with Crippen molar-refractivity contribution in [3.8, 4) is 0 Å². The monoisotopic (exact) mass is 339 g/mol. The molecule has 1 saturated heterocycles. The summed E-state index contributed by atoms with van der Waals surface area (Å²) < 4.78 is 0. The van der Waals surface area contributed by atoms with Crippen LogP contribution in [0.15, 0.2) is 42.5 Å². The highest BCUT2D eigenvalue weighted by Crippen LogP contribution is 2.23. The minimum absolute atomic E-state index is 0.220. The van der Waals surface area contributed by atoms with E-state index in [1.54, 1.807) is 12.1 Å². The van der Waals surface area contributed by atoms with Crippen molar-refractivity contribution in [2.75, 3.05) is 18.4 Å². The summed E-state index contributed by atoms with van der Waals surface area (Å²) in [5, 5.41) is 14.8. The summed E-state index contributed by atoms with van der Waals surface area (Å²) in [4.78, 5) is 13.2. The van der Waals surface area contributed by atoms with Gasteiger partial charge in [-0.3, -0.25) is 15.0 Å². The first-order valence-electron chi connectivity index (χ1n) is 8.81. The van der Waals surface area contributed by atoms with Crippen molar-refractivity contribution in [3.63, 3.8) is 0 Å². The molecule has 5 nitrogen and oxygen atoms in total. The Bertz CT molecular complexity index is 732. The molecule has 0 radical (unpaired) electrons. The molecule has 1 fully saturated rings. The second-order valence-electron chi connectivity index (χ2n) is 6.96. The van der Waals surface area contributed by atoms with Gasteiger partial charge in [0.15, 0.2) is 0 Å². The number of likely N-dealkylation sites (tertiary alicyclic amines) is 1. The zero-order chi connectivity index (χ0) is 17.8. The second-order valence-corrected chi connectivity index (χ2v) is 6.96. The van der Waals surface area contributed by atoms with E-state index in [1.807, 2.05) is 12.1 Å². The molecule has 0 amide bonds. The number of rotatable bonds is 5. The van der Waals surface area contributed by atoms with E-state index in [0.717, 1.165) is 31.5 Å². The van der Waals surface area contributed by atoms with Gasteiger partial charge in [0, 0.05) is 43.0 Å². The maximum absolute atomic E-state index is 11.2. The van der Waals surface area contributed by atoms with Crippen LogP contribution in [0, 0.1) is 24.0 Å². The number of anilines is 1. The van der Waals surface area contributed by atoms with Gasteiger partial charge in [-0.2, -0.15) is 0 Å². The Balaban J connectivity index is 1.56. The largest absolute Gasteiger partial charge is 0.382 e. The molecule has 1 aliphatic rings. The van der Waals surface area contributed by atoms with Crippen LogP contribution >= 0.6 is 0 Å². The smallest absolute Gasteiger partial charge is 0.273 e. The van der Waals surface area contributed by atoms with Gasteiger partial charge in [0.2, 0.25) is 0 Å². The highest BCUT2D eigenvalue weighted by Gasteiger charge is 2.21. The van der Waals surface area contributed by atoms with Gasteiger partial charge in [-0.1, -0.05) is 24.3 Å². The van der Waals surface area contributed by atoms with Crippen LogP contribution in [0.4, 0.5) is 11.4 Å². The summed E-state index contributed by atoms with van der Waals surface area (Å²) in [6.45, 7) is 6.79.